The summed E-state index contributed by atoms with van der Waals surface area (Å²) in [4.78, 5) is 0. The Hall–Kier alpha value is -0.0400. The van der Waals surface area contributed by atoms with Crippen molar-refractivity contribution < 1.29 is 4.74 Å². The average molecular weight is 154 g/mol. The summed E-state index contributed by atoms with van der Waals surface area (Å²) in [5, 5.41) is 0. The van der Waals surface area contributed by atoms with Crippen LogP contribution in [0.1, 0.15) is 33.6 Å². The molecule has 0 N–H and O–H groups in total. The van der Waals surface area contributed by atoms with Crippen molar-refractivity contribution in [2.75, 3.05) is 13.2 Å². The molecule has 0 unspecified atom stereocenters. The molecular weight excluding hydrogens is 136 g/mol. The zero-order valence-electron chi connectivity index (χ0n) is 7.81. The molecule has 0 amide bonds. The third-order valence-electron chi connectivity index (χ3n) is 3.77. The number of hydrogen-bond acceptors (Lipinski definition) is 1. The molecule has 1 spiro atoms. The smallest absolute Gasteiger partial charge is 0.0545 e. The topological polar surface area (TPSA) is 9.23 Å². The maximum absolute atomic E-state index is 5.25. The van der Waals surface area contributed by atoms with Crippen LogP contribution in [0.3, 0.4) is 0 Å². The summed E-state index contributed by atoms with van der Waals surface area (Å²) in [6.07, 6.45) is 2.80. The van der Waals surface area contributed by atoms with Gasteiger partial charge in [-0.1, -0.05) is 20.8 Å². The van der Waals surface area contributed by atoms with E-state index in [0.29, 0.717) is 10.8 Å². The first-order valence-corrected chi connectivity index (χ1v) is 4.64. The van der Waals surface area contributed by atoms with E-state index in [1.54, 1.807) is 0 Å². The number of hydrogen-bond donors (Lipinski definition) is 0. The standard InChI is InChI=1S/C10H18O/c1-8(2)9(3)4-10(5-9)6-11-7-10/h8H,4-7H2,1-3H3. The molecule has 1 saturated carbocycles. The minimum absolute atomic E-state index is 0.629. The summed E-state index contributed by atoms with van der Waals surface area (Å²) in [5.41, 5.74) is 1.27. The summed E-state index contributed by atoms with van der Waals surface area (Å²) in [7, 11) is 0. The van der Waals surface area contributed by atoms with Gasteiger partial charge in [-0.3, -0.25) is 0 Å². The fourth-order valence-corrected chi connectivity index (χ4v) is 2.66. The van der Waals surface area contributed by atoms with Crippen LogP contribution in [0.2, 0.25) is 0 Å². The lowest BCUT2D eigenvalue weighted by atomic mass is 9.49. The Labute approximate surface area is 69.1 Å². The second-order valence-corrected chi connectivity index (χ2v) is 5.16. The van der Waals surface area contributed by atoms with E-state index < -0.39 is 0 Å². The van der Waals surface area contributed by atoms with E-state index in [-0.39, 0.29) is 0 Å². The van der Waals surface area contributed by atoms with Gasteiger partial charge in [-0.15, -0.1) is 0 Å². The van der Waals surface area contributed by atoms with Gasteiger partial charge in [-0.25, -0.2) is 0 Å². The van der Waals surface area contributed by atoms with Crippen LogP contribution in [0, 0.1) is 16.7 Å². The maximum Gasteiger partial charge on any atom is 0.0545 e. The molecule has 1 aliphatic heterocycles. The van der Waals surface area contributed by atoms with Gasteiger partial charge in [0, 0.05) is 5.41 Å². The fraction of sp³-hybridized carbons (Fsp3) is 1.00. The molecule has 1 aliphatic carbocycles. The van der Waals surface area contributed by atoms with Crippen molar-refractivity contribution in [3.8, 4) is 0 Å². The van der Waals surface area contributed by atoms with E-state index in [4.69, 9.17) is 4.74 Å². The van der Waals surface area contributed by atoms with E-state index >= 15 is 0 Å². The first-order valence-electron chi connectivity index (χ1n) is 4.64. The molecule has 0 radical (unpaired) electrons. The van der Waals surface area contributed by atoms with Gasteiger partial charge in [0.25, 0.3) is 0 Å². The van der Waals surface area contributed by atoms with E-state index in [1.165, 1.54) is 12.8 Å². The molecule has 2 aliphatic rings. The second kappa shape index (κ2) is 2.01. The highest BCUT2D eigenvalue weighted by atomic mass is 16.5. The molecule has 1 heterocycles. The molecule has 0 atom stereocenters. The van der Waals surface area contributed by atoms with Gasteiger partial charge in [0.05, 0.1) is 13.2 Å². The quantitative estimate of drug-likeness (QED) is 0.563. The average Bonchev–Trinajstić information content (AvgIpc) is 1.75. The second-order valence-electron chi connectivity index (χ2n) is 5.16. The predicted octanol–water partition coefficient (Wildman–Crippen LogP) is 2.46. The summed E-state index contributed by atoms with van der Waals surface area (Å²) in [6.45, 7) is 9.17. The van der Waals surface area contributed by atoms with Gasteiger partial charge < -0.3 is 4.74 Å². The van der Waals surface area contributed by atoms with E-state index in [1.807, 2.05) is 0 Å². The molecule has 1 nitrogen and oxygen atoms in total. The molecular formula is C10H18O. The first kappa shape index (κ1) is 7.60. The number of rotatable bonds is 1. The largest absolute Gasteiger partial charge is 0.380 e. The minimum Gasteiger partial charge on any atom is -0.380 e. The van der Waals surface area contributed by atoms with Crippen molar-refractivity contribution in [3.05, 3.63) is 0 Å². The highest BCUT2D eigenvalue weighted by Crippen LogP contribution is 2.61. The van der Waals surface area contributed by atoms with E-state index in [0.717, 1.165) is 19.1 Å². The highest BCUT2D eigenvalue weighted by molar-refractivity contribution is 5.05. The van der Waals surface area contributed by atoms with Crippen molar-refractivity contribution in [1.82, 2.24) is 0 Å². The Balaban J connectivity index is 1.95. The molecule has 2 fully saturated rings. The lowest BCUT2D eigenvalue weighted by Crippen LogP contribution is -2.58. The predicted molar refractivity (Wildman–Crippen MR) is 45.4 cm³/mol. The Bertz CT molecular complexity index is 160. The summed E-state index contributed by atoms with van der Waals surface area (Å²) in [6, 6.07) is 0. The van der Waals surface area contributed by atoms with Crippen LogP contribution in [0.5, 0.6) is 0 Å². The highest BCUT2D eigenvalue weighted by Gasteiger charge is 2.56. The van der Waals surface area contributed by atoms with Gasteiger partial charge >= 0.3 is 0 Å². The normalized spacial score (nSPS) is 31.6. The molecule has 0 bridgehead atoms. The molecule has 64 valence electrons. The zero-order valence-corrected chi connectivity index (χ0v) is 7.81. The van der Waals surface area contributed by atoms with Crippen LogP contribution in [0.25, 0.3) is 0 Å². The Morgan fingerprint density at radius 1 is 1.18 bits per heavy atom. The van der Waals surface area contributed by atoms with Gasteiger partial charge in [0.1, 0.15) is 0 Å². The maximum atomic E-state index is 5.25. The SMILES string of the molecule is CC(C)C1(C)CC2(COC2)C1. The Kier molecular flexibility index (Phi) is 1.39. The Morgan fingerprint density at radius 2 is 1.73 bits per heavy atom. The number of ether oxygens (including phenoxy) is 1. The molecule has 11 heavy (non-hydrogen) atoms. The van der Waals surface area contributed by atoms with Crippen molar-refractivity contribution >= 4 is 0 Å². The van der Waals surface area contributed by atoms with Gasteiger partial charge in [0.2, 0.25) is 0 Å². The molecule has 1 heteroatoms. The van der Waals surface area contributed by atoms with E-state index in [9.17, 15) is 0 Å². The van der Waals surface area contributed by atoms with Crippen molar-refractivity contribution in [2.24, 2.45) is 16.7 Å². The fourth-order valence-electron chi connectivity index (χ4n) is 2.66. The van der Waals surface area contributed by atoms with Crippen LogP contribution in [-0.4, -0.2) is 13.2 Å². The molecule has 0 aromatic carbocycles. The van der Waals surface area contributed by atoms with Crippen molar-refractivity contribution in [2.45, 2.75) is 33.6 Å². The van der Waals surface area contributed by atoms with Crippen LogP contribution >= 0.6 is 0 Å². The summed E-state index contributed by atoms with van der Waals surface area (Å²) < 4.78 is 5.25. The van der Waals surface area contributed by atoms with Gasteiger partial charge in [-0.2, -0.15) is 0 Å². The third-order valence-corrected chi connectivity index (χ3v) is 3.77. The Morgan fingerprint density at radius 3 is 2.00 bits per heavy atom. The van der Waals surface area contributed by atoms with Crippen LogP contribution in [-0.2, 0) is 4.74 Å². The molecule has 2 rings (SSSR count). The molecule has 0 aromatic rings. The van der Waals surface area contributed by atoms with Gasteiger partial charge in [-0.05, 0) is 24.2 Å². The van der Waals surface area contributed by atoms with Crippen molar-refractivity contribution in [3.63, 3.8) is 0 Å². The van der Waals surface area contributed by atoms with Crippen LogP contribution < -0.4 is 0 Å². The summed E-state index contributed by atoms with van der Waals surface area (Å²) >= 11 is 0. The lowest BCUT2D eigenvalue weighted by molar-refractivity contribution is -0.217. The van der Waals surface area contributed by atoms with Crippen molar-refractivity contribution in [1.29, 1.82) is 0 Å². The monoisotopic (exact) mass is 154 g/mol. The molecule has 1 saturated heterocycles. The van der Waals surface area contributed by atoms with E-state index in [2.05, 4.69) is 20.8 Å². The van der Waals surface area contributed by atoms with Crippen LogP contribution in [0.15, 0.2) is 0 Å². The lowest BCUT2D eigenvalue weighted by Gasteiger charge is -2.61. The third kappa shape index (κ3) is 0.936. The summed E-state index contributed by atoms with van der Waals surface area (Å²) in [5.74, 6) is 0.841. The minimum atomic E-state index is 0.629. The van der Waals surface area contributed by atoms with Crippen LogP contribution in [0.4, 0.5) is 0 Å². The zero-order chi connectivity index (χ0) is 8.11. The first-order chi connectivity index (χ1) is 5.06. The molecule has 0 aromatic heterocycles. The van der Waals surface area contributed by atoms with Gasteiger partial charge in [0.15, 0.2) is 0 Å².